The second-order valence-electron chi connectivity index (χ2n) is 1.89. The molecule has 54 valence electrons. The zero-order chi connectivity index (χ0) is 7.40. The maximum Gasteiger partial charge on any atom is 0.149 e. The molecule has 0 amide bonds. The summed E-state index contributed by atoms with van der Waals surface area (Å²) < 4.78 is 12.7. The van der Waals surface area contributed by atoms with Gasteiger partial charge in [-0.2, -0.15) is 0 Å². The Morgan fingerprint density at radius 1 is 1.70 bits per heavy atom. The van der Waals surface area contributed by atoms with Crippen LogP contribution in [0.4, 0.5) is 10.1 Å². The molecule has 0 atom stereocenters. The van der Waals surface area contributed by atoms with Gasteiger partial charge < -0.3 is 5.32 Å². The van der Waals surface area contributed by atoms with Gasteiger partial charge in [0.2, 0.25) is 0 Å². The minimum absolute atomic E-state index is 0.253. The van der Waals surface area contributed by atoms with Crippen molar-refractivity contribution in [1.82, 2.24) is 4.98 Å². The average Bonchev–Trinajstić information content (AvgIpc) is 1.94. The van der Waals surface area contributed by atoms with E-state index in [4.69, 9.17) is 0 Å². The molecule has 0 fully saturated rings. The van der Waals surface area contributed by atoms with Gasteiger partial charge >= 0.3 is 0 Å². The molecular weight excluding hydrogens is 131 g/mol. The fourth-order valence-corrected chi connectivity index (χ4v) is 0.698. The summed E-state index contributed by atoms with van der Waals surface area (Å²) in [6.45, 7) is 2.62. The summed E-state index contributed by atoms with van der Waals surface area (Å²) >= 11 is 0. The lowest BCUT2D eigenvalue weighted by molar-refractivity contribution is 0.628. The Labute approximate surface area is 59.1 Å². The lowest BCUT2D eigenvalue weighted by atomic mass is 10.4. The molecule has 0 bridgehead atoms. The van der Waals surface area contributed by atoms with Crippen LogP contribution in [0.2, 0.25) is 0 Å². The highest BCUT2D eigenvalue weighted by Crippen LogP contribution is 2.09. The number of hydrogen-bond donors (Lipinski definition) is 1. The lowest BCUT2D eigenvalue weighted by Gasteiger charge is -2.01. The SMILES string of the molecule is CCNc1cnccc1F. The van der Waals surface area contributed by atoms with Crippen LogP contribution in [-0.2, 0) is 0 Å². The molecule has 2 nitrogen and oxygen atoms in total. The highest BCUT2D eigenvalue weighted by molar-refractivity contribution is 5.41. The first kappa shape index (κ1) is 6.99. The first-order valence-electron chi connectivity index (χ1n) is 3.18. The minimum atomic E-state index is -0.253. The Morgan fingerprint density at radius 2 is 2.50 bits per heavy atom. The van der Waals surface area contributed by atoms with E-state index in [1.807, 2.05) is 6.92 Å². The number of hydrogen-bond acceptors (Lipinski definition) is 2. The molecule has 0 saturated heterocycles. The first-order chi connectivity index (χ1) is 4.84. The standard InChI is InChI=1S/C7H9FN2/c1-2-10-7-5-9-4-3-6(7)8/h3-5,10H,2H2,1H3. The molecule has 3 heteroatoms. The van der Waals surface area contributed by atoms with Gasteiger partial charge in [0.1, 0.15) is 5.82 Å². The zero-order valence-electron chi connectivity index (χ0n) is 5.76. The van der Waals surface area contributed by atoms with E-state index in [9.17, 15) is 4.39 Å². The predicted octanol–water partition coefficient (Wildman–Crippen LogP) is 1.65. The molecule has 0 saturated carbocycles. The molecule has 0 spiro atoms. The van der Waals surface area contributed by atoms with Crippen molar-refractivity contribution in [2.75, 3.05) is 11.9 Å². The van der Waals surface area contributed by atoms with Crippen LogP contribution in [0.5, 0.6) is 0 Å². The van der Waals surface area contributed by atoms with Gasteiger partial charge in [-0.05, 0) is 13.0 Å². The summed E-state index contributed by atoms with van der Waals surface area (Å²) in [5, 5.41) is 2.84. The van der Waals surface area contributed by atoms with Crippen LogP contribution in [0.1, 0.15) is 6.92 Å². The van der Waals surface area contributed by atoms with E-state index in [-0.39, 0.29) is 5.82 Å². The van der Waals surface area contributed by atoms with E-state index in [2.05, 4.69) is 10.3 Å². The van der Waals surface area contributed by atoms with Crippen molar-refractivity contribution < 1.29 is 4.39 Å². The van der Waals surface area contributed by atoms with Gasteiger partial charge in [0.15, 0.2) is 0 Å². The number of aromatic nitrogens is 1. The number of nitrogens with zero attached hydrogens (tertiary/aromatic N) is 1. The highest BCUT2D eigenvalue weighted by atomic mass is 19.1. The van der Waals surface area contributed by atoms with Gasteiger partial charge in [-0.1, -0.05) is 0 Å². The van der Waals surface area contributed by atoms with Gasteiger partial charge in [0.25, 0.3) is 0 Å². The Bertz CT molecular complexity index is 213. The largest absolute Gasteiger partial charge is 0.382 e. The molecule has 0 radical (unpaired) electrons. The van der Waals surface area contributed by atoms with Crippen molar-refractivity contribution in [3.05, 3.63) is 24.3 Å². The minimum Gasteiger partial charge on any atom is -0.382 e. The van der Waals surface area contributed by atoms with Crippen molar-refractivity contribution in [3.63, 3.8) is 0 Å². The third-order valence-corrected chi connectivity index (χ3v) is 1.14. The van der Waals surface area contributed by atoms with Crippen LogP contribution < -0.4 is 5.32 Å². The summed E-state index contributed by atoms with van der Waals surface area (Å²) in [5.41, 5.74) is 0.463. The third kappa shape index (κ3) is 1.43. The quantitative estimate of drug-likeness (QED) is 0.675. The molecule has 1 aromatic heterocycles. The second-order valence-corrected chi connectivity index (χ2v) is 1.89. The maximum atomic E-state index is 12.7. The Hall–Kier alpha value is -1.12. The zero-order valence-corrected chi connectivity index (χ0v) is 5.76. The number of halogens is 1. The number of pyridine rings is 1. The molecule has 1 rings (SSSR count). The monoisotopic (exact) mass is 140 g/mol. The molecule has 1 aromatic rings. The van der Waals surface area contributed by atoms with Crippen molar-refractivity contribution >= 4 is 5.69 Å². The summed E-state index contributed by atoms with van der Waals surface area (Å²) in [7, 11) is 0. The molecule has 0 aromatic carbocycles. The average molecular weight is 140 g/mol. The maximum absolute atomic E-state index is 12.7. The fourth-order valence-electron chi connectivity index (χ4n) is 0.698. The van der Waals surface area contributed by atoms with Gasteiger partial charge in [0, 0.05) is 12.7 Å². The van der Waals surface area contributed by atoms with Crippen molar-refractivity contribution in [3.8, 4) is 0 Å². The summed E-state index contributed by atoms with van der Waals surface area (Å²) in [6.07, 6.45) is 2.90. The van der Waals surface area contributed by atoms with Crippen LogP contribution in [0, 0.1) is 5.82 Å². The van der Waals surface area contributed by atoms with E-state index in [1.54, 1.807) is 0 Å². The highest BCUT2D eigenvalue weighted by Gasteiger charge is 1.96. The van der Waals surface area contributed by atoms with Crippen molar-refractivity contribution in [1.29, 1.82) is 0 Å². The topological polar surface area (TPSA) is 24.9 Å². The van der Waals surface area contributed by atoms with Crippen LogP contribution >= 0.6 is 0 Å². The molecule has 1 N–H and O–H groups in total. The molecule has 0 unspecified atom stereocenters. The molecule has 0 aliphatic heterocycles. The van der Waals surface area contributed by atoms with Crippen LogP contribution in [0.25, 0.3) is 0 Å². The molecular formula is C7H9FN2. The smallest absolute Gasteiger partial charge is 0.149 e. The second kappa shape index (κ2) is 3.15. The van der Waals surface area contributed by atoms with E-state index in [1.165, 1.54) is 18.5 Å². The van der Waals surface area contributed by atoms with Gasteiger partial charge in [-0.25, -0.2) is 4.39 Å². The van der Waals surface area contributed by atoms with E-state index in [0.717, 1.165) is 0 Å². The van der Waals surface area contributed by atoms with E-state index >= 15 is 0 Å². The van der Waals surface area contributed by atoms with Gasteiger partial charge in [-0.3, -0.25) is 4.98 Å². The summed E-state index contributed by atoms with van der Waals surface area (Å²) in [5.74, 6) is -0.253. The summed E-state index contributed by atoms with van der Waals surface area (Å²) in [6, 6.07) is 1.33. The number of anilines is 1. The van der Waals surface area contributed by atoms with Gasteiger partial charge in [0.05, 0.1) is 11.9 Å². The molecule has 10 heavy (non-hydrogen) atoms. The third-order valence-electron chi connectivity index (χ3n) is 1.14. The van der Waals surface area contributed by atoms with Crippen LogP contribution in [0.15, 0.2) is 18.5 Å². The fraction of sp³-hybridized carbons (Fsp3) is 0.286. The van der Waals surface area contributed by atoms with Crippen LogP contribution in [0.3, 0.4) is 0 Å². The van der Waals surface area contributed by atoms with Crippen molar-refractivity contribution in [2.24, 2.45) is 0 Å². The summed E-state index contributed by atoms with van der Waals surface area (Å²) in [4.78, 5) is 3.76. The van der Waals surface area contributed by atoms with Crippen molar-refractivity contribution in [2.45, 2.75) is 6.92 Å². The molecule has 0 aliphatic carbocycles. The lowest BCUT2D eigenvalue weighted by Crippen LogP contribution is -1.99. The molecule has 1 heterocycles. The Morgan fingerprint density at radius 3 is 3.10 bits per heavy atom. The Balaban J connectivity index is 2.81. The molecule has 0 aliphatic rings. The predicted molar refractivity (Wildman–Crippen MR) is 38.4 cm³/mol. The Kier molecular flexibility index (Phi) is 2.20. The number of rotatable bonds is 2. The van der Waals surface area contributed by atoms with E-state index < -0.39 is 0 Å². The first-order valence-corrected chi connectivity index (χ1v) is 3.18. The number of nitrogens with one attached hydrogen (secondary N) is 1. The van der Waals surface area contributed by atoms with E-state index in [0.29, 0.717) is 12.2 Å². The van der Waals surface area contributed by atoms with Gasteiger partial charge in [-0.15, -0.1) is 0 Å². The normalized spacial score (nSPS) is 9.40. The van der Waals surface area contributed by atoms with Crippen LogP contribution in [-0.4, -0.2) is 11.5 Å².